The van der Waals surface area contributed by atoms with Crippen molar-refractivity contribution in [3.63, 3.8) is 0 Å². The van der Waals surface area contributed by atoms with E-state index in [0.717, 1.165) is 0 Å². The normalized spacial score (nSPS) is 11.5. The molecule has 0 fully saturated rings. The summed E-state index contributed by atoms with van der Waals surface area (Å²) < 4.78 is 147. The van der Waals surface area contributed by atoms with Gasteiger partial charge < -0.3 is 5.11 Å². The Bertz CT molecular complexity index is 1240. The van der Waals surface area contributed by atoms with Crippen molar-refractivity contribution in [1.82, 2.24) is 9.78 Å². The summed E-state index contributed by atoms with van der Waals surface area (Å²) in [4.78, 5) is 12.4. The minimum absolute atomic E-state index is 0. The van der Waals surface area contributed by atoms with Gasteiger partial charge in [-0.1, -0.05) is 0 Å². The van der Waals surface area contributed by atoms with Crippen LogP contribution in [0.1, 0.15) is 21.6 Å². The smallest absolute Gasteiger partial charge is 0.436 e. The molecule has 16 heteroatoms. The molecule has 3 aromatic rings. The number of benzene rings is 2. The van der Waals surface area contributed by atoms with Gasteiger partial charge in [-0.05, 0) is 12.1 Å². The van der Waals surface area contributed by atoms with Gasteiger partial charge in [0.1, 0.15) is 11.3 Å². The number of rotatable bonds is 3. The fraction of sp³-hybridized carbons (Fsp3) is 0.0588. The van der Waals surface area contributed by atoms with Gasteiger partial charge in [0.15, 0.2) is 46.4 Å². The predicted molar refractivity (Wildman–Crippen MR) is 79.8 cm³/mol. The van der Waals surface area contributed by atoms with E-state index in [1.54, 1.807) is 0 Å². The number of aromatic hydroxyl groups is 1. The number of alkyl halides is 3. The van der Waals surface area contributed by atoms with Gasteiger partial charge in [0.05, 0.1) is 0 Å². The number of ketones is 1. The second kappa shape index (κ2) is 8.67. The van der Waals surface area contributed by atoms with Crippen molar-refractivity contribution >= 4 is 5.78 Å². The summed E-state index contributed by atoms with van der Waals surface area (Å²) in [6, 6.07) is -0.119. The van der Waals surface area contributed by atoms with Gasteiger partial charge in [-0.3, -0.25) is 4.79 Å². The molecule has 0 atom stereocenters. The van der Waals surface area contributed by atoms with Crippen LogP contribution < -0.4 is 0 Å². The molecule has 0 amide bonds. The third-order valence-corrected chi connectivity index (χ3v) is 4.00. The Morgan fingerprint density at radius 2 is 1.21 bits per heavy atom. The number of nitrogens with zero attached hydrogens (tertiary/aromatic N) is 2. The van der Waals surface area contributed by atoms with Crippen LogP contribution in [-0.4, -0.2) is 20.7 Å². The Labute approximate surface area is 184 Å². The Balaban J connectivity index is 0.00000385. The molecule has 3 rings (SSSR count). The molecule has 0 aliphatic heterocycles. The number of aromatic nitrogens is 2. The van der Waals surface area contributed by atoms with E-state index >= 15 is 0 Å². The molecule has 1 aromatic heterocycles. The fourth-order valence-corrected chi connectivity index (χ4v) is 2.58. The molecule has 1 N–H and O–H groups in total. The van der Waals surface area contributed by atoms with E-state index in [0.29, 0.717) is 0 Å². The molecule has 0 unspecified atom stereocenters. The zero-order valence-corrected chi connectivity index (χ0v) is 15.8. The molecule has 1 radical (unpaired) electrons. The van der Waals surface area contributed by atoms with Gasteiger partial charge in [0.25, 0.3) is 0 Å². The number of carbonyl (C=O) groups excluding carboxylic acids is 1. The summed E-state index contributed by atoms with van der Waals surface area (Å²) in [7, 11) is 0. The van der Waals surface area contributed by atoms with Crippen molar-refractivity contribution < 1.29 is 75.3 Å². The van der Waals surface area contributed by atoms with E-state index in [-0.39, 0.29) is 29.2 Å². The van der Waals surface area contributed by atoms with E-state index in [1.165, 1.54) is 0 Å². The summed E-state index contributed by atoms with van der Waals surface area (Å²) in [5.41, 5.74) is -7.86. The van der Waals surface area contributed by atoms with Gasteiger partial charge in [-0.15, -0.1) is 0 Å². The van der Waals surface area contributed by atoms with Gasteiger partial charge >= 0.3 is 6.18 Å². The molecule has 4 nitrogen and oxygen atoms in total. The standard InChI is InChI=1S/C17H3F11N2O2.Cu/c18-4-1-3(2-5(19)7(4)20)14(31)6-15(17(26,27)28)29-30(16(6)32)13-11(24)9(22)8(21)10(23)12(13)25;/h1-2,32H;. The number of hydrogen-bond acceptors (Lipinski definition) is 3. The quantitative estimate of drug-likeness (QED) is 0.169. The van der Waals surface area contributed by atoms with Gasteiger partial charge in [-0.25, -0.2) is 35.1 Å². The first-order valence-corrected chi connectivity index (χ1v) is 7.78. The van der Waals surface area contributed by atoms with Crippen LogP contribution in [0.5, 0.6) is 5.88 Å². The molecule has 0 spiro atoms. The van der Waals surface area contributed by atoms with E-state index < -0.39 is 91.6 Å². The predicted octanol–water partition coefficient (Wildman–Crippen LogP) is 4.94. The van der Waals surface area contributed by atoms with Crippen LogP contribution in [0.25, 0.3) is 5.69 Å². The van der Waals surface area contributed by atoms with E-state index in [2.05, 4.69) is 5.10 Å². The Morgan fingerprint density at radius 1 is 0.788 bits per heavy atom. The summed E-state index contributed by atoms with van der Waals surface area (Å²) in [5.74, 6) is -23.6. The molecule has 0 saturated carbocycles. The third kappa shape index (κ3) is 4.15. The first-order valence-electron chi connectivity index (χ1n) is 7.78. The molecular formula is C17H3CuF11N2O2. The molecule has 33 heavy (non-hydrogen) atoms. The van der Waals surface area contributed by atoms with Crippen molar-refractivity contribution in [1.29, 1.82) is 0 Å². The molecule has 0 aliphatic carbocycles. The van der Waals surface area contributed by atoms with Crippen LogP contribution >= 0.6 is 0 Å². The summed E-state index contributed by atoms with van der Waals surface area (Å²) in [5, 5.41) is 12.5. The largest absolute Gasteiger partial charge is 0.493 e. The van der Waals surface area contributed by atoms with Crippen molar-refractivity contribution in [2.45, 2.75) is 6.18 Å². The topological polar surface area (TPSA) is 55.1 Å². The molecule has 0 saturated heterocycles. The van der Waals surface area contributed by atoms with Crippen LogP contribution in [0, 0.1) is 46.5 Å². The maximum absolute atomic E-state index is 14.0. The van der Waals surface area contributed by atoms with Crippen molar-refractivity contribution in [2.75, 3.05) is 0 Å². The maximum Gasteiger partial charge on any atom is 0.436 e. The maximum atomic E-state index is 14.0. The monoisotopic (exact) mass is 539 g/mol. The average Bonchev–Trinajstić information content (AvgIpc) is 3.05. The number of halogens is 11. The van der Waals surface area contributed by atoms with Crippen LogP contribution in [-0.2, 0) is 23.2 Å². The number of carbonyl (C=O) groups is 1. The zero-order chi connectivity index (χ0) is 24.3. The molecule has 1 heterocycles. The van der Waals surface area contributed by atoms with Crippen molar-refractivity contribution in [3.05, 3.63) is 75.5 Å². The number of hydrogen-bond donors (Lipinski definition) is 1. The average molecular weight is 540 g/mol. The molecule has 2 aromatic carbocycles. The van der Waals surface area contributed by atoms with Crippen LogP contribution in [0.15, 0.2) is 12.1 Å². The van der Waals surface area contributed by atoms with Gasteiger partial charge in [0, 0.05) is 22.6 Å². The fourth-order valence-electron chi connectivity index (χ4n) is 2.58. The van der Waals surface area contributed by atoms with Crippen molar-refractivity contribution in [2.24, 2.45) is 0 Å². The van der Waals surface area contributed by atoms with E-state index in [4.69, 9.17) is 0 Å². The van der Waals surface area contributed by atoms with Gasteiger partial charge in [-0.2, -0.15) is 23.0 Å². The summed E-state index contributed by atoms with van der Waals surface area (Å²) in [6.07, 6.45) is -5.69. The van der Waals surface area contributed by atoms with Gasteiger partial charge in [0.2, 0.25) is 17.5 Å². The second-order valence-electron chi connectivity index (χ2n) is 5.96. The summed E-state index contributed by atoms with van der Waals surface area (Å²) >= 11 is 0. The first kappa shape index (κ1) is 26.1. The molecule has 181 valence electrons. The van der Waals surface area contributed by atoms with Crippen LogP contribution in [0.4, 0.5) is 48.3 Å². The summed E-state index contributed by atoms with van der Waals surface area (Å²) in [6.45, 7) is 0. The van der Waals surface area contributed by atoms with Crippen LogP contribution in [0.2, 0.25) is 0 Å². The Hall–Kier alpha value is -3.13. The third-order valence-electron chi connectivity index (χ3n) is 4.00. The minimum atomic E-state index is -5.69. The minimum Gasteiger partial charge on any atom is -0.493 e. The van der Waals surface area contributed by atoms with E-state index in [1.807, 2.05) is 0 Å². The Morgan fingerprint density at radius 3 is 1.64 bits per heavy atom. The second-order valence-corrected chi connectivity index (χ2v) is 5.96. The molecule has 0 aliphatic rings. The van der Waals surface area contributed by atoms with Crippen molar-refractivity contribution in [3.8, 4) is 11.6 Å². The molecular weight excluding hydrogens is 537 g/mol. The molecule has 0 bridgehead atoms. The Kier molecular flexibility index (Phi) is 6.86. The zero-order valence-electron chi connectivity index (χ0n) is 14.9. The van der Waals surface area contributed by atoms with Crippen LogP contribution in [0.3, 0.4) is 0 Å². The first-order chi connectivity index (χ1) is 14.7. The van der Waals surface area contributed by atoms with E-state index in [9.17, 15) is 58.2 Å². The SMILES string of the molecule is O=C(c1cc(F)c(F)c(F)c1)c1c(C(F)(F)F)nn(-c2c(F)c(F)c(F)c(F)c2F)c1O.[Cu].